The number of hydrogen-bond donors (Lipinski definition) is 0. The summed E-state index contributed by atoms with van der Waals surface area (Å²) in [4.78, 5) is 2.03. The fourth-order valence-electron chi connectivity index (χ4n) is 2.08. The van der Waals surface area contributed by atoms with Crippen molar-refractivity contribution >= 4 is 5.95 Å². The van der Waals surface area contributed by atoms with E-state index >= 15 is 0 Å². The van der Waals surface area contributed by atoms with Gasteiger partial charge in [0.15, 0.2) is 0 Å². The molecule has 5 heteroatoms. The molecule has 1 heterocycles. The Balaban J connectivity index is 1.86. The molecule has 0 aliphatic rings. The van der Waals surface area contributed by atoms with Crippen molar-refractivity contribution in [3.63, 3.8) is 0 Å². The highest BCUT2D eigenvalue weighted by atomic mass is 15.6. The van der Waals surface area contributed by atoms with Gasteiger partial charge in [0.1, 0.15) is 0 Å². The zero-order valence-corrected chi connectivity index (χ0v) is 11.2. The molecule has 5 nitrogen and oxygen atoms in total. The number of anilines is 1. The van der Waals surface area contributed by atoms with Gasteiger partial charge in [0.25, 0.3) is 0 Å². The third-order valence-electron chi connectivity index (χ3n) is 3.06. The average molecular weight is 265 g/mol. The number of tetrazole rings is 1. The van der Waals surface area contributed by atoms with Gasteiger partial charge >= 0.3 is 0 Å². The Kier molecular flexibility index (Phi) is 3.41. The Hall–Kier alpha value is -2.69. The summed E-state index contributed by atoms with van der Waals surface area (Å²) in [5.74, 6) is 0.722. The van der Waals surface area contributed by atoms with Gasteiger partial charge in [0.05, 0.1) is 5.69 Å². The minimum atomic E-state index is 0.722. The molecular formula is C15H15N5. The maximum absolute atomic E-state index is 4.12. The standard InChI is InChI=1S/C15H15N5/c1-19(12-13-8-4-2-5-9-13)15-16-17-18-20(15)14-10-6-3-7-11-14/h2-11H,12H2,1H3. The van der Waals surface area contributed by atoms with Crippen molar-refractivity contribution in [3.8, 4) is 5.69 Å². The first-order valence-electron chi connectivity index (χ1n) is 6.43. The van der Waals surface area contributed by atoms with Gasteiger partial charge in [0.2, 0.25) is 5.95 Å². The molecule has 3 aromatic rings. The van der Waals surface area contributed by atoms with Gasteiger partial charge in [0, 0.05) is 13.6 Å². The fourth-order valence-corrected chi connectivity index (χ4v) is 2.08. The van der Waals surface area contributed by atoms with Crippen LogP contribution in [0.5, 0.6) is 0 Å². The molecule has 0 spiro atoms. The molecule has 3 rings (SSSR count). The van der Waals surface area contributed by atoms with E-state index < -0.39 is 0 Å². The first-order chi connectivity index (χ1) is 9.84. The Morgan fingerprint density at radius 3 is 2.30 bits per heavy atom. The molecule has 0 aliphatic heterocycles. The second-order valence-corrected chi connectivity index (χ2v) is 4.57. The summed E-state index contributed by atoms with van der Waals surface area (Å²) in [6, 6.07) is 20.1. The zero-order chi connectivity index (χ0) is 13.8. The summed E-state index contributed by atoms with van der Waals surface area (Å²) in [5.41, 5.74) is 2.17. The van der Waals surface area contributed by atoms with E-state index in [2.05, 4.69) is 27.7 Å². The lowest BCUT2D eigenvalue weighted by atomic mass is 10.2. The molecule has 0 amide bonds. The van der Waals surface area contributed by atoms with Crippen molar-refractivity contribution in [1.82, 2.24) is 20.2 Å². The summed E-state index contributed by atoms with van der Waals surface area (Å²) in [6.45, 7) is 0.758. The van der Waals surface area contributed by atoms with Gasteiger partial charge in [-0.2, -0.15) is 4.68 Å². The van der Waals surface area contributed by atoms with Crippen LogP contribution < -0.4 is 4.90 Å². The van der Waals surface area contributed by atoms with Gasteiger partial charge in [-0.25, -0.2) is 0 Å². The Morgan fingerprint density at radius 2 is 1.60 bits per heavy atom. The molecule has 0 fully saturated rings. The summed E-state index contributed by atoms with van der Waals surface area (Å²) < 4.78 is 1.74. The normalized spacial score (nSPS) is 10.4. The maximum atomic E-state index is 4.12. The van der Waals surface area contributed by atoms with Crippen LogP contribution in [0, 0.1) is 0 Å². The number of nitrogens with zero attached hydrogens (tertiary/aromatic N) is 5. The predicted molar refractivity (Wildman–Crippen MR) is 77.7 cm³/mol. The van der Waals surface area contributed by atoms with E-state index in [4.69, 9.17) is 0 Å². The quantitative estimate of drug-likeness (QED) is 0.726. The highest BCUT2D eigenvalue weighted by molar-refractivity contribution is 5.40. The largest absolute Gasteiger partial charge is 0.338 e. The lowest BCUT2D eigenvalue weighted by Crippen LogP contribution is -2.20. The van der Waals surface area contributed by atoms with Gasteiger partial charge in [-0.05, 0) is 28.1 Å². The molecule has 20 heavy (non-hydrogen) atoms. The summed E-state index contributed by atoms with van der Waals surface area (Å²) in [6.07, 6.45) is 0. The van der Waals surface area contributed by atoms with Crippen LogP contribution in [-0.2, 0) is 6.54 Å². The van der Waals surface area contributed by atoms with Crippen LogP contribution in [0.25, 0.3) is 5.69 Å². The summed E-state index contributed by atoms with van der Waals surface area (Å²) in [5, 5.41) is 12.0. The molecular weight excluding hydrogens is 250 g/mol. The predicted octanol–water partition coefficient (Wildman–Crippen LogP) is 2.30. The third-order valence-corrected chi connectivity index (χ3v) is 3.06. The molecule has 100 valence electrons. The highest BCUT2D eigenvalue weighted by Crippen LogP contribution is 2.15. The van der Waals surface area contributed by atoms with Crippen LogP contribution in [0.15, 0.2) is 60.7 Å². The van der Waals surface area contributed by atoms with Crippen molar-refractivity contribution in [2.24, 2.45) is 0 Å². The van der Waals surface area contributed by atoms with Crippen molar-refractivity contribution in [2.45, 2.75) is 6.54 Å². The van der Waals surface area contributed by atoms with Crippen molar-refractivity contribution < 1.29 is 0 Å². The fraction of sp³-hybridized carbons (Fsp3) is 0.133. The molecule has 0 N–H and O–H groups in total. The number of hydrogen-bond acceptors (Lipinski definition) is 4. The number of aromatic nitrogens is 4. The van der Waals surface area contributed by atoms with Crippen LogP contribution in [0.1, 0.15) is 5.56 Å². The second kappa shape index (κ2) is 5.52. The molecule has 0 bridgehead atoms. The van der Waals surface area contributed by atoms with Crippen LogP contribution in [0.4, 0.5) is 5.95 Å². The van der Waals surface area contributed by atoms with Gasteiger partial charge in [-0.1, -0.05) is 53.6 Å². The van der Waals surface area contributed by atoms with Crippen LogP contribution in [-0.4, -0.2) is 27.3 Å². The monoisotopic (exact) mass is 265 g/mol. The van der Waals surface area contributed by atoms with Crippen LogP contribution in [0.2, 0.25) is 0 Å². The summed E-state index contributed by atoms with van der Waals surface area (Å²) >= 11 is 0. The van der Waals surface area contributed by atoms with Gasteiger partial charge in [-0.15, -0.1) is 0 Å². The smallest absolute Gasteiger partial charge is 0.250 e. The second-order valence-electron chi connectivity index (χ2n) is 4.57. The number of rotatable bonds is 4. The molecule has 0 unspecified atom stereocenters. The molecule has 2 aromatic carbocycles. The molecule has 0 radical (unpaired) electrons. The van der Waals surface area contributed by atoms with Crippen LogP contribution in [0.3, 0.4) is 0 Å². The van der Waals surface area contributed by atoms with E-state index in [-0.39, 0.29) is 0 Å². The topological polar surface area (TPSA) is 46.8 Å². The first kappa shape index (κ1) is 12.3. The van der Waals surface area contributed by atoms with Crippen molar-refractivity contribution in [3.05, 3.63) is 66.2 Å². The number of benzene rings is 2. The minimum Gasteiger partial charge on any atom is -0.338 e. The van der Waals surface area contributed by atoms with Crippen molar-refractivity contribution in [2.75, 3.05) is 11.9 Å². The first-order valence-corrected chi connectivity index (χ1v) is 6.43. The van der Waals surface area contributed by atoms with E-state index in [9.17, 15) is 0 Å². The SMILES string of the molecule is CN(Cc1ccccc1)c1nnnn1-c1ccccc1. The van der Waals surface area contributed by atoms with Gasteiger partial charge < -0.3 is 4.90 Å². The zero-order valence-electron chi connectivity index (χ0n) is 11.2. The van der Waals surface area contributed by atoms with E-state index in [1.807, 2.05) is 60.5 Å². The molecule has 0 atom stereocenters. The van der Waals surface area contributed by atoms with E-state index in [1.165, 1.54) is 5.56 Å². The Labute approximate surface area is 117 Å². The molecule has 0 aliphatic carbocycles. The lowest BCUT2D eigenvalue weighted by molar-refractivity contribution is 0.771. The molecule has 0 saturated heterocycles. The Morgan fingerprint density at radius 1 is 0.950 bits per heavy atom. The average Bonchev–Trinajstić information content (AvgIpc) is 2.99. The van der Waals surface area contributed by atoms with Gasteiger partial charge in [-0.3, -0.25) is 0 Å². The van der Waals surface area contributed by atoms with E-state index in [0.717, 1.165) is 18.2 Å². The Bertz CT molecular complexity index is 663. The maximum Gasteiger partial charge on any atom is 0.250 e. The van der Waals surface area contributed by atoms with E-state index in [0.29, 0.717) is 0 Å². The van der Waals surface area contributed by atoms with E-state index in [1.54, 1.807) is 4.68 Å². The molecule has 0 saturated carbocycles. The van der Waals surface area contributed by atoms with Crippen molar-refractivity contribution in [1.29, 1.82) is 0 Å². The number of para-hydroxylation sites is 1. The highest BCUT2D eigenvalue weighted by Gasteiger charge is 2.12. The summed E-state index contributed by atoms with van der Waals surface area (Å²) in [7, 11) is 1.98. The lowest BCUT2D eigenvalue weighted by Gasteiger charge is -2.17. The minimum absolute atomic E-state index is 0.722. The molecule has 1 aromatic heterocycles. The third kappa shape index (κ3) is 2.51. The van der Waals surface area contributed by atoms with Crippen LogP contribution >= 0.6 is 0 Å².